The highest BCUT2D eigenvalue weighted by Crippen LogP contribution is 2.52. The molecule has 3 fully saturated rings. The summed E-state index contributed by atoms with van der Waals surface area (Å²) >= 11 is 0. The number of nitrogens with zero attached hydrogens (tertiary/aromatic N) is 3. The molecular weight excluding hydrogens is 493 g/mol. The second-order valence-corrected chi connectivity index (χ2v) is 9.39. The molecule has 2 aliphatic carbocycles. The minimum Gasteiger partial charge on any atom is -0.355 e. The van der Waals surface area contributed by atoms with Crippen LogP contribution in [0.5, 0.6) is 0 Å². The molecule has 0 aromatic rings. The number of rotatable bonds is 7. The zero-order chi connectivity index (χ0) is 20.5. The van der Waals surface area contributed by atoms with Crippen LogP contribution in [0.25, 0.3) is 0 Å². The third-order valence-corrected chi connectivity index (χ3v) is 7.02. The first-order valence-electron chi connectivity index (χ1n) is 11.2. The lowest BCUT2D eigenvalue weighted by Gasteiger charge is -2.27. The molecule has 7 nitrogen and oxygen atoms in total. The van der Waals surface area contributed by atoms with Crippen LogP contribution in [-0.2, 0) is 9.59 Å². The van der Waals surface area contributed by atoms with Crippen LogP contribution in [0, 0.1) is 29.6 Å². The molecule has 2 saturated heterocycles. The number of fused-ring (bicyclic) bond motifs is 5. The number of carbonyl (C=O) groups excluding carboxylic acids is 2. The molecule has 2 aliphatic heterocycles. The van der Waals surface area contributed by atoms with Gasteiger partial charge >= 0.3 is 0 Å². The van der Waals surface area contributed by atoms with E-state index in [-0.39, 0.29) is 59.5 Å². The van der Waals surface area contributed by atoms with E-state index in [4.69, 9.17) is 0 Å². The zero-order valence-electron chi connectivity index (χ0n) is 18.3. The van der Waals surface area contributed by atoms with Crippen LogP contribution < -0.4 is 10.6 Å². The molecule has 2 heterocycles. The van der Waals surface area contributed by atoms with Crippen LogP contribution in [0.2, 0.25) is 0 Å². The van der Waals surface area contributed by atoms with E-state index < -0.39 is 0 Å². The van der Waals surface area contributed by atoms with Crippen LogP contribution in [0.3, 0.4) is 0 Å². The number of aliphatic imine (C=N–C) groups is 1. The smallest absolute Gasteiger partial charge is 0.233 e. The van der Waals surface area contributed by atoms with Gasteiger partial charge in [0, 0.05) is 39.3 Å². The van der Waals surface area contributed by atoms with Crippen molar-refractivity contribution in [3.05, 3.63) is 12.2 Å². The highest BCUT2D eigenvalue weighted by atomic mass is 127. The Morgan fingerprint density at radius 2 is 1.83 bits per heavy atom. The van der Waals surface area contributed by atoms with E-state index in [1.54, 1.807) is 7.05 Å². The SMILES string of the molecule is CN=C(NCCN1C(=O)C2C3C=CC(C3)C2C1=O)NC[C@H]1CCCN1CC(C)C.I. The number of imide groups is 1. The summed E-state index contributed by atoms with van der Waals surface area (Å²) in [5.41, 5.74) is 0. The molecule has 2 N–H and O–H groups in total. The molecule has 2 bridgehead atoms. The van der Waals surface area contributed by atoms with Gasteiger partial charge in [-0.15, -0.1) is 24.0 Å². The monoisotopic (exact) mass is 529 g/mol. The molecule has 0 aromatic heterocycles. The molecule has 0 spiro atoms. The maximum atomic E-state index is 12.7. The summed E-state index contributed by atoms with van der Waals surface area (Å²) in [4.78, 5) is 33.8. The van der Waals surface area contributed by atoms with E-state index in [0.29, 0.717) is 25.0 Å². The quantitative estimate of drug-likeness (QED) is 0.173. The van der Waals surface area contributed by atoms with Crippen molar-refractivity contribution in [3.63, 3.8) is 0 Å². The van der Waals surface area contributed by atoms with Gasteiger partial charge in [0.2, 0.25) is 11.8 Å². The van der Waals surface area contributed by atoms with Crippen molar-refractivity contribution >= 4 is 41.8 Å². The molecule has 5 atom stereocenters. The van der Waals surface area contributed by atoms with Gasteiger partial charge in [0.15, 0.2) is 5.96 Å². The topological polar surface area (TPSA) is 77.0 Å². The van der Waals surface area contributed by atoms with E-state index in [9.17, 15) is 9.59 Å². The van der Waals surface area contributed by atoms with Crippen molar-refractivity contribution in [2.75, 3.05) is 39.8 Å². The second kappa shape index (κ2) is 9.97. The number of allylic oxidation sites excluding steroid dienone is 2. The minimum absolute atomic E-state index is 0. The van der Waals surface area contributed by atoms with Crippen molar-refractivity contribution in [2.24, 2.45) is 34.6 Å². The first-order chi connectivity index (χ1) is 14.0. The lowest BCUT2D eigenvalue weighted by atomic mass is 9.85. The van der Waals surface area contributed by atoms with Crippen molar-refractivity contribution in [2.45, 2.75) is 39.2 Å². The van der Waals surface area contributed by atoms with E-state index in [0.717, 1.165) is 25.5 Å². The predicted octanol–water partition coefficient (Wildman–Crippen LogP) is 1.70. The number of guanidine groups is 1. The van der Waals surface area contributed by atoms with E-state index in [1.165, 1.54) is 24.3 Å². The highest BCUT2D eigenvalue weighted by molar-refractivity contribution is 14.0. The number of halogens is 1. The summed E-state index contributed by atoms with van der Waals surface area (Å²) < 4.78 is 0. The number of hydrogen-bond donors (Lipinski definition) is 2. The standard InChI is InChI=1S/C22H35N5O2.HI/c1-14(2)13-26-9-4-5-17(26)12-25-22(23-3)24-8-10-27-20(28)18-15-6-7-16(11-15)19(18)21(27)29;/h6-7,14-19H,4-5,8-13H2,1-3H3,(H2,23,24,25);1H/t15?,16?,17-,18?,19?;/m1./s1. The van der Waals surface area contributed by atoms with Crippen molar-refractivity contribution in [3.8, 4) is 0 Å². The lowest BCUT2D eigenvalue weighted by molar-refractivity contribution is -0.140. The summed E-state index contributed by atoms with van der Waals surface area (Å²) in [7, 11) is 1.76. The Balaban J connectivity index is 0.00000256. The van der Waals surface area contributed by atoms with Gasteiger partial charge in [-0.1, -0.05) is 26.0 Å². The van der Waals surface area contributed by atoms with Gasteiger partial charge in [-0.2, -0.15) is 0 Å². The summed E-state index contributed by atoms with van der Waals surface area (Å²) in [6.07, 6.45) is 7.72. The number of likely N-dealkylation sites (tertiary alicyclic amines) is 2. The van der Waals surface area contributed by atoms with Crippen molar-refractivity contribution in [1.82, 2.24) is 20.4 Å². The normalized spacial score (nSPS) is 32.9. The number of nitrogens with one attached hydrogen (secondary N) is 2. The van der Waals surface area contributed by atoms with Gasteiger partial charge in [-0.05, 0) is 43.6 Å². The summed E-state index contributed by atoms with van der Waals surface area (Å²) in [6.45, 7) is 8.64. The fourth-order valence-electron chi connectivity index (χ4n) is 5.74. The number of carbonyl (C=O) groups is 2. The third-order valence-electron chi connectivity index (χ3n) is 7.02. The molecule has 4 unspecified atom stereocenters. The predicted molar refractivity (Wildman–Crippen MR) is 129 cm³/mol. The lowest BCUT2D eigenvalue weighted by Crippen LogP contribution is -2.47. The average molecular weight is 529 g/mol. The van der Waals surface area contributed by atoms with Crippen molar-refractivity contribution < 1.29 is 9.59 Å². The Hall–Kier alpha value is -1.16. The molecule has 0 radical (unpaired) electrons. The van der Waals surface area contributed by atoms with Gasteiger partial charge < -0.3 is 10.6 Å². The van der Waals surface area contributed by atoms with Gasteiger partial charge in [-0.25, -0.2) is 0 Å². The second-order valence-electron chi connectivity index (χ2n) is 9.39. The largest absolute Gasteiger partial charge is 0.355 e. The molecule has 1 saturated carbocycles. The number of hydrogen-bond acceptors (Lipinski definition) is 4. The summed E-state index contributed by atoms with van der Waals surface area (Å²) in [6, 6.07) is 0.542. The Labute approximate surface area is 197 Å². The summed E-state index contributed by atoms with van der Waals surface area (Å²) in [5, 5.41) is 6.70. The molecular formula is C22H36IN5O2. The van der Waals surface area contributed by atoms with Gasteiger partial charge in [0.25, 0.3) is 0 Å². The van der Waals surface area contributed by atoms with Crippen LogP contribution in [0.4, 0.5) is 0 Å². The maximum absolute atomic E-state index is 12.7. The van der Waals surface area contributed by atoms with E-state index >= 15 is 0 Å². The maximum Gasteiger partial charge on any atom is 0.233 e. The minimum atomic E-state index is -0.107. The average Bonchev–Trinajstić information content (AvgIpc) is 3.45. The van der Waals surface area contributed by atoms with Crippen LogP contribution in [-0.4, -0.2) is 73.4 Å². The molecule has 4 aliphatic rings. The van der Waals surface area contributed by atoms with E-state index in [2.05, 4.69) is 46.5 Å². The fraction of sp³-hybridized carbons (Fsp3) is 0.773. The van der Waals surface area contributed by atoms with Crippen LogP contribution >= 0.6 is 24.0 Å². The zero-order valence-corrected chi connectivity index (χ0v) is 20.7. The Kier molecular flexibility index (Phi) is 7.81. The van der Waals surface area contributed by atoms with Gasteiger partial charge in [0.05, 0.1) is 11.8 Å². The van der Waals surface area contributed by atoms with Crippen molar-refractivity contribution in [1.29, 1.82) is 0 Å². The highest BCUT2D eigenvalue weighted by Gasteiger charge is 2.58. The Morgan fingerprint density at radius 3 is 2.43 bits per heavy atom. The van der Waals surface area contributed by atoms with Crippen LogP contribution in [0.1, 0.15) is 33.1 Å². The third kappa shape index (κ3) is 4.54. The van der Waals surface area contributed by atoms with Gasteiger partial charge in [-0.3, -0.25) is 24.4 Å². The van der Waals surface area contributed by atoms with E-state index in [1.807, 2.05) is 0 Å². The Bertz CT molecular complexity index is 680. The summed E-state index contributed by atoms with van der Waals surface area (Å²) in [5.74, 6) is 1.79. The fourth-order valence-corrected chi connectivity index (χ4v) is 5.74. The Morgan fingerprint density at radius 1 is 1.17 bits per heavy atom. The number of amides is 2. The molecule has 168 valence electrons. The van der Waals surface area contributed by atoms with Gasteiger partial charge in [0.1, 0.15) is 0 Å². The van der Waals surface area contributed by atoms with Crippen LogP contribution in [0.15, 0.2) is 17.1 Å². The molecule has 0 aromatic carbocycles. The molecule has 8 heteroatoms. The molecule has 30 heavy (non-hydrogen) atoms. The first-order valence-corrected chi connectivity index (χ1v) is 11.2. The molecule has 2 amide bonds. The first kappa shape index (κ1) is 23.5. The molecule has 4 rings (SSSR count).